The Kier molecular flexibility index (Phi) is 5.18. The summed E-state index contributed by atoms with van der Waals surface area (Å²) in [5, 5.41) is 1.50. The molecule has 0 saturated heterocycles. The number of hydrogen-bond donors (Lipinski definition) is 0. The van der Waals surface area contributed by atoms with E-state index in [1.807, 2.05) is 55.4 Å². The molecule has 0 bridgehead atoms. The van der Waals surface area contributed by atoms with Crippen molar-refractivity contribution in [3.05, 3.63) is 65.7 Å². The van der Waals surface area contributed by atoms with Gasteiger partial charge in [0.15, 0.2) is 5.78 Å². The van der Waals surface area contributed by atoms with E-state index < -0.39 is 0 Å². The number of carbonyl (C=O) groups is 1. The van der Waals surface area contributed by atoms with E-state index in [9.17, 15) is 4.79 Å². The summed E-state index contributed by atoms with van der Waals surface area (Å²) in [5.74, 6) is 0.0609. The van der Waals surface area contributed by atoms with E-state index in [0.29, 0.717) is 0 Å². The van der Waals surface area contributed by atoms with Crippen molar-refractivity contribution in [2.45, 2.75) is 55.4 Å². The molecule has 0 aliphatic carbocycles. The van der Waals surface area contributed by atoms with Gasteiger partial charge in [-0.05, 0) is 99.9 Å². The van der Waals surface area contributed by atoms with Gasteiger partial charge in [-0.2, -0.15) is 0 Å². The molecule has 0 radical (unpaired) electrons. The molecule has 0 spiro atoms. The Labute approximate surface area is 155 Å². The van der Waals surface area contributed by atoms with Crippen molar-refractivity contribution < 1.29 is 4.79 Å². The highest BCUT2D eigenvalue weighted by atomic mass is 35.5. The maximum atomic E-state index is 13.5. The Morgan fingerprint density at radius 1 is 0.500 bits per heavy atom. The fraction of sp³-hybridized carbons (Fsp3) is 0.381. The minimum atomic E-state index is 0.0609. The first-order chi connectivity index (χ1) is 11.0. The van der Waals surface area contributed by atoms with Crippen LogP contribution in [0.15, 0.2) is 0 Å². The maximum Gasteiger partial charge on any atom is 0.194 e. The Bertz CT molecular complexity index is 747. The zero-order chi connectivity index (χ0) is 18.5. The van der Waals surface area contributed by atoms with Gasteiger partial charge < -0.3 is 0 Å². The van der Waals surface area contributed by atoms with Gasteiger partial charge in [-0.15, -0.1) is 0 Å². The van der Waals surface area contributed by atoms with E-state index >= 15 is 0 Å². The highest BCUT2D eigenvalue weighted by Gasteiger charge is 2.25. The second kappa shape index (κ2) is 6.54. The number of carbonyl (C=O) groups excluding carboxylic acids is 1. The third-order valence-corrected chi connectivity index (χ3v) is 6.65. The van der Waals surface area contributed by atoms with Crippen molar-refractivity contribution in [3.63, 3.8) is 0 Å². The number of ketones is 1. The lowest BCUT2D eigenvalue weighted by molar-refractivity contribution is 0.103. The predicted octanol–water partition coefficient (Wildman–Crippen LogP) is 6.69. The van der Waals surface area contributed by atoms with E-state index in [4.69, 9.17) is 23.2 Å². The van der Waals surface area contributed by atoms with E-state index in [2.05, 4.69) is 0 Å². The summed E-state index contributed by atoms with van der Waals surface area (Å²) in [4.78, 5) is 13.5. The third kappa shape index (κ3) is 2.68. The SMILES string of the molecule is Cc1c(C)c(C(=O)c2c(C)c(C)c(Cl)c(C)c2C)c(C)c(C)c1Cl. The van der Waals surface area contributed by atoms with Gasteiger partial charge in [-0.1, -0.05) is 23.2 Å². The molecule has 0 aliphatic heterocycles. The zero-order valence-electron chi connectivity index (χ0n) is 15.7. The van der Waals surface area contributed by atoms with Crippen LogP contribution < -0.4 is 0 Å². The van der Waals surface area contributed by atoms with E-state index in [-0.39, 0.29) is 5.78 Å². The summed E-state index contributed by atoms with van der Waals surface area (Å²) in [6, 6.07) is 0. The standard InChI is InChI=1S/C21H24Cl2O/c1-9-13(5)19(22)14(6)10(2)17(9)21(24)18-11(3)15(7)20(23)16(8)12(18)4/h1-8H3. The molecule has 0 heterocycles. The Balaban J connectivity index is 2.87. The van der Waals surface area contributed by atoms with E-state index in [1.54, 1.807) is 0 Å². The van der Waals surface area contributed by atoms with Crippen LogP contribution in [-0.2, 0) is 0 Å². The van der Waals surface area contributed by atoms with Gasteiger partial charge in [0.1, 0.15) is 0 Å². The highest BCUT2D eigenvalue weighted by molar-refractivity contribution is 6.33. The van der Waals surface area contributed by atoms with E-state index in [0.717, 1.165) is 65.7 Å². The van der Waals surface area contributed by atoms with Crippen LogP contribution in [0, 0.1) is 55.4 Å². The lowest BCUT2D eigenvalue weighted by Crippen LogP contribution is -2.14. The van der Waals surface area contributed by atoms with Crippen molar-refractivity contribution in [1.29, 1.82) is 0 Å². The second-order valence-corrected chi connectivity index (χ2v) is 7.46. The molecule has 0 aromatic heterocycles. The summed E-state index contributed by atoms with van der Waals surface area (Å²) in [6.07, 6.45) is 0. The summed E-state index contributed by atoms with van der Waals surface area (Å²) in [5.41, 5.74) is 9.25. The number of hydrogen-bond acceptors (Lipinski definition) is 1. The molecule has 128 valence electrons. The van der Waals surface area contributed by atoms with Gasteiger partial charge >= 0.3 is 0 Å². The molecule has 0 amide bonds. The average Bonchev–Trinajstić information content (AvgIpc) is 2.55. The largest absolute Gasteiger partial charge is 0.289 e. The fourth-order valence-corrected chi connectivity index (χ4v) is 3.91. The number of benzene rings is 2. The summed E-state index contributed by atoms with van der Waals surface area (Å²) < 4.78 is 0. The maximum absolute atomic E-state index is 13.5. The summed E-state index contributed by atoms with van der Waals surface area (Å²) >= 11 is 12.8. The number of halogens is 2. The molecule has 2 rings (SSSR count). The molecule has 0 unspecified atom stereocenters. The first-order valence-electron chi connectivity index (χ1n) is 8.08. The molecule has 0 fully saturated rings. The zero-order valence-corrected chi connectivity index (χ0v) is 17.2. The molecular weight excluding hydrogens is 339 g/mol. The quantitative estimate of drug-likeness (QED) is 0.543. The summed E-state index contributed by atoms with van der Waals surface area (Å²) in [6.45, 7) is 15.8. The van der Waals surface area contributed by atoms with Crippen LogP contribution in [0.25, 0.3) is 0 Å². The van der Waals surface area contributed by atoms with Gasteiger partial charge in [0.05, 0.1) is 0 Å². The molecule has 1 nitrogen and oxygen atoms in total. The predicted molar refractivity (Wildman–Crippen MR) is 104 cm³/mol. The first-order valence-corrected chi connectivity index (χ1v) is 8.84. The molecule has 0 saturated carbocycles. The van der Waals surface area contributed by atoms with Crippen LogP contribution in [0.3, 0.4) is 0 Å². The third-order valence-electron chi connectivity index (χ3n) is 5.52. The monoisotopic (exact) mass is 362 g/mol. The van der Waals surface area contributed by atoms with Crippen LogP contribution in [0.2, 0.25) is 10.0 Å². The average molecular weight is 363 g/mol. The topological polar surface area (TPSA) is 17.1 Å². The normalized spacial score (nSPS) is 11.1. The lowest BCUT2D eigenvalue weighted by Gasteiger charge is -2.21. The van der Waals surface area contributed by atoms with Crippen molar-refractivity contribution in [2.24, 2.45) is 0 Å². The Hall–Kier alpha value is -1.31. The molecule has 0 N–H and O–H groups in total. The number of rotatable bonds is 2. The molecule has 2 aromatic carbocycles. The van der Waals surface area contributed by atoms with Gasteiger partial charge in [0.25, 0.3) is 0 Å². The first kappa shape index (κ1) is 19.0. The molecule has 24 heavy (non-hydrogen) atoms. The van der Waals surface area contributed by atoms with E-state index in [1.165, 1.54) is 0 Å². The highest BCUT2D eigenvalue weighted by Crippen LogP contribution is 2.35. The van der Waals surface area contributed by atoms with Gasteiger partial charge in [0, 0.05) is 21.2 Å². The lowest BCUT2D eigenvalue weighted by atomic mass is 9.84. The molecular formula is C21H24Cl2O. The van der Waals surface area contributed by atoms with Crippen LogP contribution in [-0.4, -0.2) is 5.78 Å². The molecule has 0 aliphatic rings. The van der Waals surface area contributed by atoms with Crippen molar-refractivity contribution in [1.82, 2.24) is 0 Å². The fourth-order valence-electron chi connectivity index (χ4n) is 3.34. The summed E-state index contributed by atoms with van der Waals surface area (Å²) in [7, 11) is 0. The van der Waals surface area contributed by atoms with Crippen LogP contribution in [0.4, 0.5) is 0 Å². The molecule has 0 atom stereocenters. The van der Waals surface area contributed by atoms with Gasteiger partial charge in [-0.3, -0.25) is 4.79 Å². The Morgan fingerprint density at radius 3 is 0.917 bits per heavy atom. The Morgan fingerprint density at radius 2 is 0.708 bits per heavy atom. The second-order valence-electron chi connectivity index (χ2n) is 6.71. The van der Waals surface area contributed by atoms with Crippen molar-refractivity contribution in [3.8, 4) is 0 Å². The van der Waals surface area contributed by atoms with Crippen LogP contribution >= 0.6 is 23.2 Å². The van der Waals surface area contributed by atoms with Crippen molar-refractivity contribution >= 4 is 29.0 Å². The van der Waals surface area contributed by atoms with Gasteiger partial charge in [-0.25, -0.2) is 0 Å². The van der Waals surface area contributed by atoms with Crippen LogP contribution in [0.1, 0.15) is 60.4 Å². The molecule has 2 aromatic rings. The van der Waals surface area contributed by atoms with Crippen molar-refractivity contribution in [2.75, 3.05) is 0 Å². The minimum Gasteiger partial charge on any atom is -0.289 e. The molecule has 3 heteroatoms. The minimum absolute atomic E-state index is 0.0609. The van der Waals surface area contributed by atoms with Gasteiger partial charge in [0.2, 0.25) is 0 Å². The smallest absolute Gasteiger partial charge is 0.194 e. The van der Waals surface area contributed by atoms with Crippen LogP contribution in [0.5, 0.6) is 0 Å².